The Morgan fingerprint density at radius 2 is 2.04 bits per heavy atom. The summed E-state index contributed by atoms with van der Waals surface area (Å²) in [6, 6.07) is 6.45. The van der Waals surface area contributed by atoms with Gasteiger partial charge in [0.2, 0.25) is 5.91 Å². The highest BCUT2D eigenvalue weighted by Gasteiger charge is 2.23. The number of aryl methyl sites for hydroxylation is 1. The molecule has 0 spiro atoms. The van der Waals surface area contributed by atoms with Crippen LogP contribution in [-0.4, -0.2) is 33.1 Å². The van der Waals surface area contributed by atoms with Gasteiger partial charge in [0.05, 0.1) is 22.7 Å². The smallest absolute Gasteiger partial charge is 0.312 e. The summed E-state index contributed by atoms with van der Waals surface area (Å²) in [6.45, 7) is 2.87. The first kappa shape index (κ1) is 18.7. The number of hydrogen-bond acceptors (Lipinski definition) is 5. The lowest BCUT2D eigenvalue weighted by Gasteiger charge is -2.11. The molecule has 0 aliphatic carbocycles. The van der Waals surface area contributed by atoms with Gasteiger partial charge in [0.15, 0.2) is 0 Å². The predicted octanol–water partition coefficient (Wildman–Crippen LogP) is 1.41. The fraction of sp³-hybridized carbons (Fsp3) is 0.235. The molecule has 0 unspecified atom stereocenters. The number of benzene rings is 1. The Balaban J connectivity index is 2.17. The second-order valence-corrected chi connectivity index (χ2v) is 5.41. The molecule has 9 heteroatoms. The molecule has 26 heavy (non-hydrogen) atoms. The topological polar surface area (TPSA) is 119 Å². The van der Waals surface area contributed by atoms with Crippen LogP contribution in [0.4, 0.5) is 11.4 Å². The molecule has 0 bridgehead atoms. The van der Waals surface area contributed by atoms with Crippen LogP contribution >= 0.6 is 0 Å². The van der Waals surface area contributed by atoms with Crippen LogP contribution in [0.25, 0.3) is 0 Å². The van der Waals surface area contributed by atoms with E-state index in [1.165, 1.54) is 18.5 Å². The van der Waals surface area contributed by atoms with Crippen LogP contribution in [0.2, 0.25) is 0 Å². The molecule has 0 saturated carbocycles. The minimum atomic E-state index is -0.531. The Hall–Kier alpha value is -3.67. The average Bonchev–Trinajstić information content (AvgIpc) is 2.86. The van der Waals surface area contributed by atoms with Crippen LogP contribution in [0.1, 0.15) is 21.7 Å². The number of anilines is 1. The summed E-state index contributed by atoms with van der Waals surface area (Å²) in [5.74, 6) is 1.41. The van der Waals surface area contributed by atoms with E-state index in [0.29, 0.717) is 5.69 Å². The number of carbonyl (C=O) groups is 2. The van der Waals surface area contributed by atoms with E-state index in [0.717, 1.165) is 0 Å². The van der Waals surface area contributed by atoms with E-state index in [1.54, 1.807) is 24.3 Å². The molecule has 1 aromatic heterocycles. The molecule has 9 nitrogen and oxygen atoms in total. The lowest BCUT2D eigenvalue weighted by Crippen LogP contribution is -2.26. The lowest BCUT2D eigenvalue weighted by molar-refractivity contribution is -0.386. The van der Waals surface area contributed by atoms with Crippen molar-refractivity contribution in [2.45, 2.75) is 20.4 Å². The molecular formula is C17H17N5O4. The summed E-state index contributed by atoms with van der Waals surface area (Å²) in [5, 5.41) is 20.2. The minimum Gasteiger partial charge on any atom is -0.341 e. The first-order chi connectivity index (χ1) is 12.3. The summed E-state index contributed by atoms with van der Waals surface area (Å²) in [5.41, 5.74) is 0.961. The number of nitro groups is 1. The number of amides is 2. The van der Waals surface area contributed by atoms with E-state index >= 15 is 0 Å². The zero-order valence-corrected chi connectivity index (χ0v) is 14.3. The number of rotatable bonds is 6. The van der Waals surface area contributed by atoms with E-state index < -0.39 is 16.7 Å². The molecule has 0 aliphatic heterocycles. The highest BCUT2D eigenvalue weighted by molar-refractivity contribution is 6.03. The van der Waals surface area contributed by atoms with Crippen molar-refractivity contribution in [1.29, 1.82) is 0 Å². The van der Waals surface area contributed by atoms with Crippen molar-refractivity contribution in [2.24, 2.45) is 0 Å². The Morgan fingerprint density at radius 1 is 1.35 bits per heavy atom. The van der Waals surface area contributed by atoms with Gasteiger partial charge in [-0.2, -0.15) is 5.10 Å². The number of terminal acetylenes is 1. The van der Waals surface area contributed by atoms with Gasteiger partial charge in [-0.3, -0.25) is 24.4 Å². The minimum absolute atomic E-state index is 0.0660. The molecule has 0 fully saturated rings. The second kappa shape index (κ2) is 7.94. The van der Waals surface area contributed by atoms with Crippen molar-refractivity contribution in [2.75, 3.05) is 11.9 Å². The van der Waals surface area contributed by atoms with Gasteiger partial charge in [0, 0.05) is 0 Å². The van der Waals surface area contributed by atoms with Gasteiger partial charge in [-0.05, 0) is 26.0 Å². The number of carbonyl (C=O) groups excluding carboxylic acids is 2. The van der Waals surface area contributed by atoms with Crippen LogP contribution in [0, 0.1) is 36.3 Å². The maximum absolute atomic E-state index is 12.3. The molecule has 2 aromatic rings. The largest absolute Gasteiger partial charge is 0.341 e. The van der Waals surface area contributed by atoms with Crippen LogP contribution in [0.5, 0.6) is 0 Å². The number of nitrogens with one attached hydrogen (secondary N) is 2. The van der Waals surface area contributed by atoms with Gasteiger partial charge in [-0.15, -0.1) is 6.42 Å². The van der Waals surface area contributed by atoms with Crippen molar-refractivity contribution in [3.63, 3.8) is 0 Å². The standard InChI is InChI=1S/C17H17N5O4/c1-4-9-18-17(24)13-7-5-6-8-14(13)19-15(23)10-21-12(3)16(22(25)26)11(2)20-21/h1,5-8H,9-10H2,2-3H3,(H,18,24)(H,19,23). The quantitative estimate of drug-likeness (QED) is 0.461. The predicted molar refractivity (Wildman–Crippen MR) is 94.6 cm³/mol. The Labute approximate surface area is 149 Å². The number of hydrogen-bond donors (Lipinski definition) is 2. The van der Waals surface area contributed by atoms with Crippen molar-refractivity contribution in [3.8, 4) is 12.3 Å². The normalized spacial score (nSPS) is 10.0. The van der Waals surface area contributed by atoms with Crippen molar-refractivity contribution >= 4 is 23.2 Å². The molecule has 0 radical (unpaired) electrons. The summed E-state index contributed by atoms with van der Waals surface area (Å²) in [4.78, 5) is 34.9. The van der Waals surface area contributed by atoms with E-state index in [4.69, 9.17) is 6.42 Å². The molecule has 0 aliphatic rings. The SMILES string of the molecule is C#CCNC(=O)c1ccccc1NC(=O)Cn1nc(C)c([N+](=O)[O-])c1C. The Morgan fingerprint density at radius 3 is 2.65 bits per heavy atom. The van der Waals surface area contributed by atoms with Gasteiger partial charge >= 0.3 is 5.69 Å². The van der Waals surface area contributed by atoms with Crippen LogP contribution in [0.15, 0.2) is 24.3 Å². The maximum Gasteiger partial charge on any atom is 0.312 e. The van der Waals surface area contributed by atoms with Crippen molar-refractivity contribution in [3.05, 3.63) is 51.3 Å². The van der Waals surface area contributed by atoms with E-state index in [-0.39, 0.29) is 35.7 Å². The van der Waals surface area contributed by atoms with Gasteiger partial charge in [0.1, 0.15) is 17.9 Å². The number of para-hydroxylation sites is 1. The van der Waals surface area contributed by atoms with Gasteiger partial charge < -0.3 is 10.6 Å². The summed E-state index contributed by atoms with van der Waals surface area (Å²) >= 11 is 0. The summed E-state index contributed by atoms with van der Waals surface area (Å²) < 4.78 is 1.25. The first-order valence-electron chi connectivity index (χ1n) is 7.64. The second-order valence-electron chi connectivity index (χ2n) is 5.41. The van der Waals surface area contributed by atoms with Gasteiger partial charge in [-0.1, -0.05) is 18.1 Å². The first-order valence-corrected chi connectivity index (χ1v) is 7.64. The Bertz CT molecular complexity index is 910. The lowest BCUT2D eigenvalue weighted by atomic mass is 10.1. The molecular weight excluding hydrogens is 338 g/mol. The maximum atomic E-state index is 12.3. The molecule has 0 saturated heterocycles. The third kappa shape index (κ3) is 4.05. The third-order valence-corrected chi connectivity index (χ3v) is 3.62. The van der Waals surface area contributed by atoms with Crippen molar-refractivity contribution in [1.82, 2.24) is 15.1 Å². The van der Waals surface area contributed by atoms with Gasteiger partial charge in [0.25, 0.3) is 5.91 Å². The van der Waals surface area contributed by atoms with Gasteiger partial charge in [-0.25, -0.2) is 0 Å². The van der Waals surface area contributed by atoms with E-state index in [2.05, 4.69) is 21.7 Å². The zero-order valence-electron chi connectivity index (χ0n) is 14.3. The van der Waals surface area contributed by atoms with Crippen LogP contribution < -0.4 is 10.6 Å². The molecule has 1 heterocycles. The number of nitrogens with zero attached hydrogens (tertiary/aromatic N) is 3. The fourth-order valence-corrected chi connectivity index (χ4v) is 2.45. The Kier molecular flexibility index (Phi) is 5.70. The van der Waals surface area contributed by atoms with Crippen molar-refractivity contribution < 1.29 is 14.5 Å². The number of aromatic nitrogens is 2. The third-order valence-electron chi connectivity index (χ3n) is 3.62. The molecule has 134 valence electrons. The molecule has 1 aromatic carbocycles. The summed E-state index contributed by atoms with van der Waals surface area (Å²) in [6.07, 6.45) is 5.12. The average molecular weight is 355 g/mol. The monoisotopic (exact) mass is 355 g/mol. The summed E-state index contributed by atoms with van der Waals surface area (Å²) in [7, 11) is 0. The molecule has 0 atom stereocenters. The van der Waals surface area contributed by atoms with Crippen LogP contribution in [-0.2, 0) is 11.3 Å². The van der Waals surface area contributed by atoms with E-state index in [1.807, 2.05) is 0 Å². The zero-order chi connectivity index (χ0) is 19.3. The molecule has 2 N–H and O–H groups in total. The highest BCUT2D eigenvalue weighted by atomic mass is 16.6. The molecule has 2 amide bonds. The molecule has 2 rings (SSSR count). The van der Waals surface area contributed by atoms with Crippen LogP contribution in [0.3, 0.4) is 0 Å². The van der Waals surface area contributed by atoms with E-state index in [9.17, 15) is 19.7 Å². The highest BCUT2D eigenvalue weighted by Crippen LogP contribution is 2.22. The fourth-order valence-electron chi connectivity index (χ4n) is 2.45.